The highest BCUT2D eigenvalue weighted by molar-refractivity contribution is 5.94. The Bertz CT molecular complexity index is 793. The van der Waals surface area contributed by atoms with E-state index in [0.29, 0.717) is 50.6 Å². The molecule has 2 amide bonds. The van der Waals surface area contributed by atoms with Gasteiger partial charge in [0.05, 0.1) is 26.4 Å². The van der Waals surface area contributed by atoms with Crippen LogP contribution in [0.25, 0.3) is 0 Å². The predicted molar refractivity (Wildman–Crippen MR) is 118 cm³/mol. The van der Waals surface area contributed by atoms with E-state index >= 15 is 0 Å². The summed E-state index contributed by atoms with van der Waals surface area (Å²) >= 11 is 0. The third kappa shape index (κ3) is 7.61. The van der Waals surface area contributed by atoms with Gasteiger partial charge in [-0.25, -0.2) is 0 Å². The van der Waals surface area contributed by atoms with E-state index in [1.54, 1.807) is 0 Å². The summed E-state index contributed by atoms with van der Waals surface area (Å²) in [5.74, 6) is -0.199. The van der Waals surface area contributed by atoms with E-state index < -0.39 is 0 Å². The van der Waals surface area contributed by atoms with Gasteiger partial charge in [0.1, 0.15) is 0 Å². The molecule has 2 aromatic rings. The lowest BCUT2D eigenvalue weighted by Crippen LogP contribution is -2.28. The number of aryl methyl sites for hydroxylation is 4. The molecule has 0 fully saturated rings. The van der Waals surface area contributed by atoms with Gasteiger partial charge in [0, 0.05) is 24.2 Å². The maximum absolute atomic E-state index is 12.1. The van der Waals surface area contributed by atoms with Gasteiger partial charge in [-0.05, 0) is 74.2 Å². The van der Waals surface area contributed by atoms with E-state index in [2.05, 4.69) is 10.6 Å². The van der Waals surface area contributed by atoms with Crippen LogP contribution in [0.5, 0.6) is 0 Å². The smallest absolute Gasteiger partial charge is 0.251 e. The average Bonchev–Trinajstić information content (AvgIpc) is 2.73. The summed E-state index contributed by atoms with van der Waals surface area (Å²) in [5.41, 5.74) is 5.84. The predicted octanol–water partition coefficient (Wildman–Crippen LogP) is 3.11. The monoisotopic (exact) mass is 412 g/mol. The highest BCUT2D eigenvalue weighted by Crippen LogP contribution is 2.10. The fourth-order valence-electron chi connectivity index (χ4n) is 2.76. The second-order valence-electron chi connectivity index (χ2n) is 7.33. The summed E-state index contributed by atoms with van der Waals surface area (Å²) in [6.45, 7) is 10.6. The Morgan fingerprint density at radius 3 is 1.40 bits per heavy atom. The average molecular weight is 413 g/mol. The largest absolute Gasteiger partial charge is 0.377 e. The molecule has 0 aromatic heterocycles. The molecule has 30 heavy (non-hydrogen) atoms. The van der Waals surface area contributed by atoms with Crippen molar-refractivity contribution in [1.29, 1.82) is 0 Å². The molecular weight excluding hydrogens is 380 g/mol. The Morgan fingerprint density at radius 1 is 0.633 bits per heavy atom. The summed E-state index contributed by atoms with van der Waals surface area (Å²) in [4.78, 5) is 24.2. The molecule has 0 atom stereocenters. The summed E-state index contributed by atoms with van der Waals surface area (Å²) in [6, 6.07) is 11.3. The van der Waals surface area contributed by atoms with Crippen LogP contribution in [0.15, 0.2) is 36.4 Å². The highest BCUT2D eigenvalue weighted by Gasteiger charge is 2.07. The van der Waals surface area contributed by atoms with Crippen LogP contribution in [0.4, 0.5) is 0 Å². The van der Waals surface area contributed by atoms with Crippen molar-refractivity contribution in [3.05, 3.63) is 69.8 Å². The molecule has 0 spiro atoms. The van der Waals surface area contributed by atoms with E-state index in [0.717, 1.165) is 11.1 Å². The van der Waals surface area contributed by atoms with Gasteiger partial charge in [-0.15, -0.1) is 0 Å². The van der Waals surface area contributed by atoms with Crippen LogP contribution < -0.4 is 10.6 Å². The molecule has 6 nitrogen and oxygen atoms in total. The molecule has 0 aliphatic heterocycles. The quantitative estimate of drug-likeness (QED) is 0.556. The van der Waals surface area contributed by atoms with Crippen molar-refractivity contribution in [3.63, 3.8) is 0 Å². The highest BCUT2D eigenvalue weighted by atomic mass is 16.5. The molecule has 2 N–H and O–H groups in total. The summed E-state index contributed by atoms with van der Waals surface area (Å²) < 4.78 is 10.9. The number of carbonyl (C=O) groups excluding carboxylic acids is 2. The molecule has 0 aliphatic carbocycles. The first-order valence-electron chi connectivity index (χ1n) is 10.2. The van der Waals surface area contributed by atoms with Crippen molar-refractivity contribution in [3.8, 4) is 0 Å². The Kier molecular flexibility index (Phi) is 9.51. The minimum absolute atomic E-state index is 0.0996. The van der Waals surface area contributed by atoms with Gasteiger partial charge in [0.15, 0.2) is 0 Å². The standard InChI is InChI=1S/C24H32N2O4/c1-17-5-7-21(15-19(17)3)23(27)25-9-11-29-13-14-30-12-10-26-24(28)22-8-6-18(2)20(4)16-22/h5-8,15-16H,9-14H2,1-4H3,(H,25,27)(H,26,28). The van der Waals surface area contributed by atoms with Crippen molar-refractivity contribution < 1.29 is 19.1 Å². The molecule has 2 rings (SSSR count). The summed E-state index contributed by atoms with van der Waals surface area (Å²) in [7, 11) is 0. The van der Waals surface area contributed by atoms with Gasteiger partial charge in [0.2, 0.25) is 0 Å². The third-order valence-electron chi connectivity index (χ3n) is 4.97. The molecule has 6 heteroatoms. The Balaban J connectivity index is 1.49. The number of carbonyl (C=O) groups is 2. The second kappa shape index (κ2) is 12.1. The molecule has 0 unspecified atom stereocenters. The Hall–Kier alpha value is -2.70. The first-order valence-corrected chi connectivity index (χ1v) is 10.2. The van der Waals surface area contributed by atoms with E-state index in [4.69, 9.17) is 9.47 Å². The number of hydrogen-bond donors (Lipinski definition) is 2. The first-order chi connectivity index (χ1) is 14.4. The number of benzene rings is 2. The van der Waals surface area contributed by atoms with E-state index in [1.165, 1.54) is 11.1 Å². The fourth-order valence-corrected chi connectivity index (χ4v) is 2.76. The fraction of sp³-hybridized carbons (Fsp3) is 0.417. The lowest BCUT2D eigenvalue weighted by Gasteiger charge is -2.09. The third-order valence-corrected chi connectivity index (χ3v) is 4.97. The van der Waals surface area contributed by atoms with Crippen molar-refractivity contribution in [2.75, 3.05) is 39.5 Å². The van der Waals surface area contributed by atoms with Crippen LogP contribution in [0.2, 0.25) is 0 Å². The number of hydrogen-bond acceptors (Lipinski definition) is 4. The van der Waals surface area contributed by atoms with Crippen molar-refractivity contribution in [2.24, 2.45) is 0 Å². The van der Waals surface area contributed by atoms with Crippen LogP contribution in [-0.2, 0) is 9.47 Å². The SMILES string of the molecule is Cc1ccc(C(=O)NCCOCCOCCNC(=O)c2ccc(C)c(C)c2)cc1C. The topological polar surface area (TPSA) is 76.7 Å². The van der Waals surface area contributed by atoms with Gasteiger partial charge in [0.25, 0.3) is 11.8 Å². The van der Waals surface area contributed by atoms with Gasteiger partial charge in [-0.1, -0.05) is 12.1 Å². The van der Waals surface area contributed by atoms with E-state index in [9.17, 15) is 9.59 Å². The number of nitrogens with one attached hydrogen (secondary N) is 2. The molecule has 0 saturated heterocycles. The molecule has 0 heterocycles. The van der Waals surface area contributed by atoms with Crippen LogP contribution in [0.1, 0.15) is 43.0 Å². The first kappa shape index (κ1) is 23.6. The van der Waals surface area contributed by atoms with Crippen LogP contribution in [0, 0.1) is 27.7 Å². The minimum atomic E-state index is -0.0996. The van der Waals surface area contributed by atoms with E-state index in [-0.39, 0.29) is 11.8 Å². The lowest BCUT2D eigenvalue weighted by molar-refractivity contribution is 0.0486. The molecule has 0 bridgehead atoms. The zero-order valence-electron chi connectivity index (χ0n) is 18.3. The zero-order chi connectivity index (χ0) is 21.9. The lowest BCUT2D eigenvalue weighted by atomic mass is 10.1. The number of ether oxygens (including phenoxy) is 2. The second-order valence-corrected chi connectivity index (χ2v) is 7.33. The summed E-state index contributed by atoms with van der Waals surface area (Å²) in [6.07, 6.45) is 0. The van der Waals surface area contributed by atoms with Gasteiger partial charge in [-0.2, -0.15) is 0 Å². The van der Waals surface area contributed by atoms with Crippen LogP contribution >= 0.6 is 0 Å². The zero-order valence-corrected chi connectivity index (χ0v) is 18.3. The van der Waals surface area contributed by atoms with Crippen molar-refractivity contribution in [1.82, 2.24) is 10.6 Å². The van der Waals surface area contributed by atoms with Crippen LogP contribution in [-0.4, -0.2) is 51.3 Å². The molecule has 162 valence electrons. The number of amides is 2. The molecule has 2 aromatic carbocycles. The molecule has 0 saturated carbocycles. The van der Waals surface area contributed by atoms with Gasteiger partial charge in [-0.3, -0.25) is 9.59 Å². The Labute approximate surface area is 179 Å². The summed E-state index contributed by atoms with van der Waals surface area (Å²) in [5, 5.41) is 5.68. The number of rotatable bonds is 11. The molecule has 0 aliphatic rings. The van der Waals surface area contributed by atoms with Crippen LogP contribution in [0.3, 0.4) is 0 Å². The normalized spacial score (nSPS) is 10.7. The maximum Gasteiger partial charge on any atom is 0.251 e. The van der Waals surface area contributed by atoms with Gasteiger partial charge >= 0.3 is 0 Å². The van der Waals surface area contributed by atoms with Crippen molar-refractivity contribution >= 4 is 11.8 Å². The van der Waals surface area contributed by atoms with Crippen molar-refractivity contribution in [2.45, 2.75) is 27.7 Å². The Morgan fingerprint density at radius 2 is 1.03 bits per heavy atom. The van der Waals surface area contributed by atoms with E-state index in [1.807, 2.05) is 64.1 Å². The molecular formula is C24H32N2O4. The minimum Gasteiger partial charge on any atom is -0.377 e. The molecule has 0 radical (unpaired) electrons. The van der Waals surface area contributed by atoms with Gasteiger partial charge < -0.3 is 20.1 Å². The maximum atomic E-state index is 12.1.